The molecule has 8 heteroatoms. The van der Waals surface area contributed by atoms with Gasteiger partial charge in [0.15, 0.2) is 29.6 Å². The van der Waals surface area contributed by atoms with Gasteiger partial charge in [0.2, 0.25) is 0 Å². The van der Waals surface area contributed by atoms with Gasteiger partial charge in [-0.3, -0.25) is 4.79 Å². The van der Waals surface area contributed by atoms with Crippen molar-refractivity contribution in [1.82, 2.24) is 5.32 Å². The minimum Gasteiger partial charge on any atom is -0.490 e. The molecule has 0 fully saturated rings. The summed E-state index contributed by atoms with van der Waals surface area (Å²) in [6.07, 6.45) is 1.94. The maximum Gasteiger partial charge on any atom is 0.338 e. The third-order valence-corrected chi connectivity index (χ3v) is 5.01. The third-order valence-electron chi connectivity index (χ3n) is 5.01. The molecule has 178 valence electrons. The number of esters is 1. The summed E-state index contributed by atoms with van der Waals surface area (Å²) in [4.78, 5) is 24.8. The summed E-state index contributed by atoms with van der Waals surface area (Å²) in [6.45, 7) is 7.40. The van der Waals surface area contributed by atoms with Crippen LogP contribution in [0, 0.1) is 0 Å². The number of hydrogen-bond acceptors (Lipinski definition) is 7. The first kappa shape index (κ1) is 24.2. The van der Waals surface area contributed by atoms with Gasteiger partial charge in [-0.15, -0.1) is 0 Å². The van der Waals surface area contributed by atoms with E-state index in [2.05, 4.69) is 12.2 Å². The van der Waals surface area contributed by atoms with E-state index in [0.717, 1.165) is 18.4 Å². The molecule has 0 aliphatic carbocycles. The van der Waals surface area contributed by atoms with Crippen LogP contribution in [0.15, 0.2) is 36.4 Å². The fraction of sp³-hybridized carbons (Fsp3) is 0.440. The Morgan fingerprint density at radius 1 is 1.00 bits per heavy atom. The van der Waals surface area contributed by atoms with Crippen LogP contribution in [0.3, 0.4) is 0 Å². The van der Waals surface area contributed by atoms with Crippen molar-refractivity contribution in [2.45, 2.75) is 39.7 Å². The van der Waals surface area contributed by atoms with E-state index < -0.39 is 18.5 Å². The first-order valence-electron chi connectivity index (χ1n) is 11.3. The molecule has 1 heterocycles. The molecule has 1 aliphatic rings. The van der Waals surface area contributed by atoms with Crippen LogP contribution in [-0.4, -0.2) is 44.9 Å². The molecule has 33 heavy (non-hydrogen) atoms. The average Bonchev–Trinajstić information content (AvgIpc) is 2.83. The lowest BCUT2D eigenvalue weighted by atomic mass is 10.1. The highest BCUT2D eigenvalue weighted by Crippen LogP contribution is 2.32. The van der Waals surface area contributed by atoms with Gasteiger partial charge in [-0.05, 0) is 56.2 Å². The van der Waals surface area contributed by atoms with Crippen LogP contribution in [0.2, 0.25) is 0 Å². The Balaban J connectivity index is 1.54. The zero-order valence-corrected chi connectivity index (χ0v) is 19.3. The topological polar surface area (TPSA) is 92.3 Å². The molecule has 1 unspecified atom stereocenters. The summed E-state index contributed by atoms with van der Waals surface area (Å²) in [5.74, 6) is 1.37. The van der Waals surface area contributed by atoms with Crippen molar-refractivity contribution < 1.29 is 33.3 Å². The van der Waals surface area contributed by atoms with E-state index in [1.807, 2.05) is 32.0 Å². The second-order valence-electron chi connectivity index (χ2n) is 7.56. The van der Waals surface area contributed by atoms with Crippen LogP contribution in [0.5, 0.6) is 23.0 Å². The van der Waals surface area contributed by atoms with E-state index in [4.69, 9.17) is 23.7 Å². The quantitative estimate of drug-likeness (QED) is 0.402. The van der Waals surface area contributed by atoms with Gasteiger partial charge in [0.25, 0.3) is 5.91 Å². The van der Waals surface area contributed by atoms with Crippen LogP contribution in [0.1, 0.15) is 55.6 Å². The Kier molecular flexibility index (Phi) is 8.80. The number of carbonyl (C=O) groups excluding carboxylic acids is 2. The molecule has 0 spiro atoms. The van der Waals surface area contributed by atoms with E-state index in [0.29, 0.717) is 49.4 Å². The van der Waals surface area contributed by atoms with E-state index in [9.17, 15) is 9.59 Å². The Labute approximate surface area is 194 Å². The molecule has 3 rings (SSSR count). The van der Waals surface area contributed by atoms with Gasteiger partial charge < -0.3 is 29.0 Å². The van der Waals surface area contributed by atoms with Gasteiger partial charge >= 0.3 is 5.97 Å². The fourth-order valence-corrected chi connectivity index (χ4v) is 3.26. The Morgan fingerprint density at radius 3 is 2.55 bits per heavy atom. The van der Waals surface area contributed by atoms with Crippen molar-refractivity contribution in [2.24, 2.45) is 0 Å². The first-order valence-corrected chi connectivity index (χ1v) is 11.3. The molecular weight excluding hydrogens is 426 g/mol. The van der Waals surface area contributed by atoms with Crippen molar-refractivity contribution in [1.29, 1.82) is 0 Å². The minimum atomic E-state index is -0.613. The maximum atomic E-state index is 12.5. The second-order valence-corrected chi connectivity index (χ2v) is 7.56. The van der Waals surface area contributed by atoms with Gasteiger partial charge in [-0.1, -0.05) is 19.4 Å². The first-order chi connectivity index (χ1) is 16.0. The Morgan fingerprint density at radius 2 is 1.79 bits per heavy atom. The summed E-state index contributed by atoms with van der Waals surface area (Å²) in [6, 6.07) is 10.1. The highest BCUT2D eigenvalue weighted by Gasteiger charge is 2.18. The maximum absolute atomic E-state index is 12.5. The SMILES string of the molecule is CCCCOc1ccc(C(=O)OCC(=O)NC(C)c2ccc3c(c2)OCCO3)cc1OCC. The lowest BCUT2D eigenvalue weighted by molar-refractivity contribution is -0.124. The molecular formula is C25H31NO7. The monoisotopic (exact) mass is 457 g/mol. The predicted molar refractivity (Wildman–Crippen MR) is 122 cm³/mol. The number of unbranched alkanes of at least 4 members (excludes halogenated alkanes) is 1. The number of carbonyl (C=O) groups is 2. The second kappa shape index (κ2) is 12.0. The van der Waals surface area contributed by atoms with Crippen molar-refractivity contribution in [3.05, 3.63) is 47.5 Å². The molecule has 1 N–H and O–H groups in total. The zero-order chi connectivity index (χ0) is 23.6. The van der Waals surface area contributed by atoms with E-state index in [-0.39, 0.29) is 11.6 Å². The molecule has 0 bridgehead atoms. The summed E-state index contributed by atoms with van der Waals surface area (Å²) in [5.41, 5.74) is 1.15. The molecule has 0 radical (unpaired) electrons. The highest BCUT2D eigenvalue weighted by atomic mass is 16.6. The van der Waals surface area contributed by atoms with Crippen LogP contribution < -0.4 is 24.3 Å². The molecule has 2 aromatic rings. The fourth-order valence-electron chi connectivity index (χ4n) is 3.26. The van der Waals surface area contributed by atoms with Crippen LogP contribution in [-0.2, 0) is 9.53 Å². The van der Waals surface area contributed by atoms with Crippen molar-refractivity contribution >= 4 is 11.9 Å². The van der Waals surface area contributed by atoms with Crippen molar-refractivity contribution in [3.63, 3.8) is 0 Å². The van der Waals surface area contributed by atoms with Gasteiger partial charge in [-0.2, -0.15) is 0 Å². The molecule has 1 aliphatic heterocycles. The van der Waals surface area contributed by atoms with Crippen molar-refractivity contribution in [2.75, 3.05) is 33.0 Å². The number of ether oxygens (including phenoxy) is 5. The van der Waals surface area contributed by atoms with E-state index in [1.54, 1.807) is 18.2 Å². The largest absolute Gasteiger partial charge is 0.490 e. The minimum absolute atomic E-state index is 0.286. The van der Waals surface area contributed by atoms with Gasteiger partial charge in [0, 0.05) is 0 Å². The summed E-state index contributed by atoms with van der Waals surface area (Å²) >= 11 is 0. The summed E-state index contributed by atoms with van der Waals surface area (Å²) < 4.78 is 27.6. The van der Waals surface area contributed by atoms with E-state index >= 15 is 0 Å². The average molecular weight is 458 g/mol. The zero-order valence-electron chi connectivity index (χ0n) is 19.3. The van der Waals surface area contributed by atoms with Gasteiger partial charge in [0.05, 0.1) is 24.8 Å². The Bertz CT molecular complexity index is 960. The van der Waals surface area contributed by atoms with Crippen LogP contribution >= 0.6 is 0 Å². The predicted octanol–water partition coefficient (Wildman–Crippen LogP) is 4.07. The number of amides is 1. The highest BCUT2D eigenvalue weighted by molar-refractivity contribution is 5.92. The van der Waals surface area contributed by atoms with Gasteiger partial charge in [0.1, 0.15) is 13.2 Å². The Hall–Kier alpha value is -3.42. The van der Waals surface area contributed by atoms with Gasteiger partial charge in [-0.25, -0.2) is 4.79 Å². The lowest BCUT2D eigenvalue weighted by Crippen LogP contribution is -2.31. The molecule has 0 aromatic heterocycles. The lowest BCUT2D eigenvalue weighted by Gasteiger charge is -2.21. The van der Waals surface area contributed by atoms with Crippen LogP contribution in [0.4, 0.5) is 0 Å². The normalized spacial score (nSPS) is 13.1. The molecule has 1 atom stereocenters. The molecule has 8 nitrogen and oxygen atoms in total. The number of benzene rings is 2. The smallest absolute Gasteiger partial charge is 0.338 e. The summed E-state index contributed by atoms with van der Waals surface area (Å²) in [7, 11) is 0. The molecule has 1 amide bonds. The van der Waals surface area contributed by atoms with Crippen molar-refractivity contribution in [3.8, 4) is 23.0 Å². The number of hydrogen-bond donors (Lipinski definition) is 1. The van der Waals surface area contributed by atoms with Crippen LogP contribution in [0.25, 0.3) is 0 Å². The number of nitrogens with one attached hydrogen (secondary N) is 1. The van der Waals surface area contributed by atoms with E-state index in [1.165, 1.54) is 0 Å². The number of rotatable bonds is 11. The molecule has 2 aromatic carbocycles. The molecule has 0 saturated heterocycles. The number of fused-ring (bicyclic) bond motifs is 1. The standard InChI is InChI=1S/C25H31NO7/c1-4-6-11-30-20-10-8-19(15-22(20)29-5-2)25(28)33-16-24(27)26-17(3)18-7-9-21-23(14-18)32-13-12-31-21/h7-10,14-15,17H,4-6,11-13,16H2,1-3H3,(H,26,27). The molecule has 0 saturated carbocycles. The third kappa shape index (κ3) is 6.78. The summed E-state index contributed by atoms with van der Waals surface area (Å²) in [5, 5.41) is 2.82.